The lowest BCUT2D eigenvalue weighted by atomic mass is 10.2. The summed E-state index contributed by atoms with van der Waals surface area (Å²) >= 11 is 3.35. The molecule has 0 radical (unpaired) electrons. The van der Waals surface area contributed by atoms with Gasteiger partial charge in [-0.15, -0.1) is 0 Å². The predicted octanol–water partition coefficient (Wildman–Crippen LogP) is 5.16. The molecule has 0 unspecified atom stereocenters. The van der Waals surface area contributed by atoms with Gasteiger partial charge in [0.1, 0.15) is 6.61 Å². The van der Waals surface area contributed by atoms with E-state index < -0.39 is 0 Å². The van der Waals surface area contributed by atoms with Crippen LogP contribution < -0.4 is 0 Å². The number of carbonyl (C=O) groups excluding carboxylic acids is 2. The van der Waals surface area contributed by atoms with Gasteiger partial charge in [-0.25, -0.2) is 4.79 Å². The first kappa shape index (κ1) is 19.2. The molecular formula is C21H21BrN2O3. The third-order valence-electron chi connectivity index (χ3n) is 4.37. The number of aldehydes is 1. The summed E-state index contributed by atoms with van der Waals surface area (Å²) in [6.07, 6.45) is 4.58. The van der Waals surface area contributed by atoms with E-state index in [0.717, 1.165) is 53.2 Å². The SMILES string of the molecule is O=C(OCc1ccccc1)N1CCCC1.O=Cc1c[nH]c2ccc(Br)cc12. The molecule has 0 spiro atoms. The fourth-order valence-electron chi connectivity index (χ4n) is 2.92. The molecule has 1 aliphatic heterocycles. The van der Waals surface area contributed by atoms with Crippen LogP contribution in [0.2, 0.25) is 0 Å². The summed E-state index contributed by atoms with van der Waals surface area (Å²) in [5, 5.41) is 0.958. The molecule has 1 aliphatic rings. The van der Waals surface area contributed by atoms with Crippen LogP contribution in [-0.4, -0.2) is 35.4 Å². The lowest BCUT2D eigenvalue weighted by Gasteiger charge is -2.14. The molecular weight excluding hydrogens is 408 g/mol. The molecule has 4 rings (SSSR count). The van der Waals surface area contributed by atoms with Crippen molar-refractivity contribution in [3.63, 3.8) is 0 Å². The lowest BCUT2D eigenvalue weighted by Crippen LogP contribution is -2.28. The molecule has 0 saturated carbocycles. The average Bonchev–Trinajstić information content (AvgIpc) is 3.37. The number of likely N-dealkylation sites (tertiary alicyclic amines) is 1. The predicted molar refractivity (Wildman–Crippen MR) is 109 cm³/mol. The number of ether oxygens (including phenoxy) is 1. The summed E-state index contributed by atoms with van der Waals surface area (Å²) in [7, 11) is 0. The van der Waals surface area contributed by atoms with Gasteiger partial charge in [0.05, 0.1) is 0 Å². The smallest absolute Gasteiger partial charge is 0.410 e. The largest absolute Gasteiger partial charge is 0.445 e. The third kappa shape index (κ3) is 5.20. The van der Waals surface area contributed by atoms with Gasteiger partial charge < -0.3 is 14.6 Å². The molecule has 1 saturated heterocycles. The Morgan fingerprint density at radius 2 is 1.89 bits per heavy atom. The number of nitrogens with zero attached hydrogens (tertiary/aromatic N) is 1. The summed E-state index contributed by atoms with van der Waals surface area (Å²) < 4.78 is 6.18. The number of carbonyl (C=O) groups is 2. The van der Waals surface area contributed by atoms with E-state index in [2.05, 4.69) is 20.9 Å². The van der Waals surface area contributed by atoms with Crippen molar-refractivity contribution in [3.05, 3.63) is 70.3 Å². The van der Waals surface area contributed by atoms with Gasteiger partial charge in [0.2, 0.25) is 0 Å². The second-order valence-electron chi connectivity index (χ2n) is 6.29. The first-order valence-electron chi connectivity index (χ1n) is 8.85. The number of nitrogens with one attached hydrogen (secondary N) is 1. The summed E-state index contributed by atoms with van der Waals surface area (Å²) in [6, 6.07) is 15.5. The van der Waals surface area contributed by atoms with Crippen molar-refractivity contribution in [2.75, 3.05) is 13.1 Å². The minimum absolute atomic E-state index is 0.184. The molecule has 6 heteroatoms. The highest BCUT2D eigenvalue weighted by atomic mass is 79.9. The van der Waals surface area contributed by atoms with E-state index in [0.29, 0.717) is 12.2 Å². The van der Waals surface area contributed by atoms with E-state index in [-0.39, 0.29) is 6.09 Å². The van der Waals surface area contributed by atoms with Crippen LogP contribution in [-0.2, 0) is 11.3 Å². The Bertz CT molecular complexity index is 902. The van der Waals surface area contributed by atoms with Gasteiger partial charge in [-0.3, -0.25) is 4.79 Å². The molecule has 5 nitrogen and oxygen atoms in total. The van der Waals surface area contributed by atoms with Crippen LogP contribution in [0, 0.1) is 0 Å². The molecule has 2 aromatic carbocycles. The van der Waals surface area contributed by atoms with Gasteiger partial charge in [-0.1, -0.05) is 46.3 Å². The monoisotopic (exact) mass is 428 g/mol. The van der Waals surface area contributed by atoms with E-state index in [1.54, 1.807) is 11.1 Å². The van der Waals surface area contributed by atoms with Crippen molar-refractivity contribution in [1.29, 1.82) is 0 Å². The van der Waals surface area contributed by atoms with Crippen LogP contribution in [0.4, 0.5) is 4.79 Å². The van der Waals surface area contributed by atoms with Gasteiger partial charge in [-0.2, -0.15) is 0 Å². The molecule has 1 fully saturated rings. The number of aromatic nitrogens is 1. The van der Waals surface area contributed by atoms with Crippen molar-refractivity contribution >= 4 is 39.2 Å². The Morgan fingerprint density at radius 3 is 2.59 bits per heavy atom. The van der Waals surface area contributed by atoms with Crippen molar-refractivity contribution in [2.45, 2.75) is 19.4 Å². The minimum Gasteiger partial charge on any atom is -0.445 e. The molecule has 1 N–H and O–H groups in total. The summed E-state index contributed by atoms with van der Waals surface area (Å²) in [5.74, 6) is 0. The molecule has 0 bridgehead atoms. The van der Waals surface area contributed by atoms with Crippen molar-refractivity contribution in [3.8, 4) is 0 Å². The maximum Gasteiger partial charge on any atom is 0.410 e. The van der Waals surface area contributed by atoms with Crippen molar-refractivity contribution in [2.24, 2.45) is 0 Å². The average molecular weight is 429 g/mol. The molecule has 0 aliphatic carbocycles. The Morgan fingerprint density at radius 1 is 1.15 bits per heavy atom. The fraction of sp³-hybridized carbons (Fsp3) is 0.238. The number of hydrogen-bond acceptors (Lipinski definition) is 3. The van der Waals surface area contributed by atoms with E-state index in [4.69, 9.17) is 4.74 Å². The number of H-pyrrole nitrogens is 1. The van der Waals surface area contributed by atoms with Crippen molar-refractivity contribution < 1.29 is 14.3 Å². The number of hydrogen-bond donors (Lipinski definition) is 1. The normalized spacial score (nSPS) is 13.1. The Hall–Kier alpha value is -2.60. The van der Waals surface area contributed by atoms with E-state index in [1.165, 1.54) is 0 Å². The van der Waals surface area contributed by atoms with Crippen LogP contribution in [0.3, 0.4) is 0 Å². The van der Waals surface area contributed by atoms with Gasteiger partial charge in [0, 0.05) is 40.2 Å². The molecule has 1 amide bonds. The van der Waals surface area contributed by atoms with Crippen LogP contribution >= 0.6 is 15.9 Å². The second-order valence-corrected chi connectivity index (χ2v) is 7.20. The standard InChI is InChI=1S/C12H15NO2.C9H6BrNO/c14-12(13-8-4-5-9-13)15-10-11-6-2-1-3-7-11;10-7-1-2-9-8(3-7)6(5-12)4-11-9/h1-3,6-7H,4-5,8-10H2;1-5,11H. The highest BCUT2D eigenvalue weighted by Gasteiger charge is 2.18. The highest BCUT2D eigenvalue weighted by Crippen LogP contribution is 2.21. The lowest BCUT2D eigenvalue weighted by molar-refractivity contribution is 0.104. The third-order valence-corrected chi connectivity index (χ3v) is 4.87. The van der Waals surface area contributed by atoms with Crippen LogP contribution in [0.25, 0.3) is 10.9 Å². The topological polar surface area (TPSA) is 62.4 Å². The molecule has 0 atom stereocenters. The summed E-state index contributed by atoms with van der Waals surface area (Å²) in [6.45, 7) is 2.05. The highest BCUT2D eigenvalue weighted by molar-refractivity contribution is 9.10. The Kier molecular flexibility index (Phi) is 6.65. The zero-order chi connectivity index (χ0) is 19.1. The van der Waals surface area contributed by atoms with Crippen LogP contribution in [0.1, 0.15) is 28.8 Å². The number of amides is 1. The van der Waals surface area contributed by atoms with E-state index in [9.17, 15) is 9.59 Å². The Labute approximate surface area is 166 Å². The first-order chi connectivity index (χ1) is 13.2. The number of halogens is 1. The maximum atomic E-state index is 11.5. The van der Waals surface area contributed by atoms with E-state index in [1.807, 2.05) is 48.5 Å². The number of fused-ring (bicyclic) bond motifs is 1. The number of rotatable bonds is 3. The van der Waals surface area contributed by atoms with Gasteiger partial charge in [0.25, 0.3) is 0 Å². The van der Waals surface area contributed by atoms with Crippen LogP contribution in [0.5, 0.6) is 0 Å². The zero-order valence-corrected chi connectivity index (χ0v) is 16.4. The van der Waals surface area contributed by atoms with Crippen LogP contribution in [0.15, 0.2) is 59.2 Å². The first-order valence-corrected chi connectivity index (χ1v) is 9.64. The number of benzene rings is 2. The van der Waals surface area contributed by atoms with Crippen molar-refractivity contribution in [1.82, 2.24) is 9.88 Å². The maximum absolute atomic E-state index is 11.5. The molecule has 1 aromatic heterocycles. The molecule has 27 heavy (non-hydrogen) atoms. The summed E-state index contributed by atoms with van der Waals surface area (Å²) in [4.78, 5) is 26.9. The number of aromatic amines is 1. The quantitative estimate of drug-likeness (QED) is 0.585. The van der Waals surface area contributed by atoms with E-state index >= 15 is 0 Å². The zero-order valence-electron chi connectivity index (χ0n) is 14.9. The summed E-state index contributed by atoms with van der Waals surface area (Å²) in [5.41, 5.74) is 2.72. The van der Waals surface area contributed by atoms with Gasteiger partial charge >= 0.3 is 6.09 Å². The minimum atomic E-state index is -0.184. The second kappa shape index (κ2) is 9.37. The van der Waals surface area contributed by atoms with Gasteiger partial charge in [-0.05, 0) is 36.6 Å². The molecule has 3 aromatic rings. The van der Waals surface area contributed by atoms with Gasteiger partial charge in [0.15, 0.2) is 6.29 Å². The molecule has 2 heterocycles. The fourth-order valence-corrected chi connectivity index (χ4v) is 3.28. The Balaban J connectivity index is 0.000000159. The molecule has 140 valence electrons.